The van der Waals surface area contributed by atoms with Crippen molar-refractivity contribution in [3.8, 4) is 6.07 Å². The Morgan fingerprint density at radius 2 is 2.50 bits per heavy atom. The van der Waals surface area contributed by atoms with Crippen LogP contribution in [0.25, 0.3) is 0 Å². The number of likely N-dealkylation sites (tertiary alicyclic amines) is 1. The van der Waals surface area contributed by atoms with Gasteiger partial charge in [-0.2, -0.15) is 5.26 Å². The van der Waals surface area contributed by atoms with Gasteiger partial charge >= 0.3 is 0 Å². The molecule has 1 saturated heterocycles. The smallest absolute Gasteiger partial charge is 0.117 e. The molecule has 0 spiro atoms. The van der Waals surface area contributed by atoms with Gasteiger partial charge in [-0.3, -0.25) is 4.90 Å². The minimum Gasteiger partial charge on any atom is -0.468 e. The second-order valence-electron chi connectivity index (χ2n) is 3.69. The van der Waals surface area contributed by atoms with Crippen molar-refractivity contribution in [2.24, 2.45) is 0 Å². The summed E-state index contributed by atoms with van der Waals surface area (Å²) in [4.78, 5) is 2.20. The van der Waals surface area contributed by atoms with Crippen LogP contribution in [0.4, 0.5) is 0 Å². The Bertz CT molecular complexity index is 313. The minimum absolute atomic E-state index is 0.0776. The number of furan rings is 1. The van der Waals surface area contributed by atoms with Gasteiger partial charge in [0.25, 0.3) is 0 Å². The number of piperidine rings is 1. The highest BCUT2D eigenvalue weighted by atomic mass is 16.3. The summed E-state index contributed by atoms with van der Waals surface area (Å²) in [6.07, 6.45) is 5.05. The van der Waals surface area contributed by atoms with E-state index in [-0.39, 0.29) is 6.04 Å². The lowest BCUT2D eigenvalue weighted by Gasteiger charge is -2.30. The summed E-state index contributed by atoms with van der Waals surface area (Å²) in [6, 6.07) is 6.28. The van der Waals surface area contributed by atoms with Crippen LogP contribution in [0.2, 0.25) is 0 Å². The number of rotatable bonds is 2. The highest BCUT2D eigenvalue weighted by Gasteiger charge is 2.22. The van der Waals surface area contributed by atoms with Crippen LogP contribution in [0.5, 0.6) is 0 Å². The SMILES string of the molecule is N#CC1CCCCN1Cc1ccco1. The Morgan fingerprint density at radius 1 is 1.57 bits per heavy atom. The first-order chi connectivity index (χ1) is 6.90. The summed E-state index contributed by atoms with van der Waals surface area (Å²) in [5, 5.41) is 8.97. The van der Waals surface area contributed by atoms with E-state index >= 15 is 0 Å². The molecular weight excluding hydrogens is 176 g/mol. The molecule has 0 aromatic carbocycles. The zero-order chi connectivity index (χ0) is 9.80. The summed E-state index contributed by atoms with van der Waals surface area (Å²) in [5.74, 6) is 0.951. The van der Waals surface area contributed by atoms with Gasteiger partial charge in [-0.05, 0) is 37.9 Å². The lowest BCUT2D eigenvalue weighted by molar-refractivity contribution is 0.164. The van der Waals surface area contributed by atoms with Gasteiger partial charge < -0.3 is 4.42 Å². The molecule has 1 aliphatic rings. The van der Waals surface area contributed by atoms with Gasteiger partial charge in [-0.1, -0.05) is 0 Å². The average Bonchev–Trinajstić information content (AvgIpc) is 2.71. The number of nitrogens with zero attached hydrogens (tertiary/aromatic N) is 2. The van der Waals surface area contributed by atoms with E-state index in [4.69, 9.17) is 9.68 Å². The van der Waals surface area contributed by atoms with Crippen molar-refractivity contribution in [2.45, 2.75) is 31.8 Å². The van der Waals surface area contributed by atoms with Crippen molar-refractivity contribution in [3.05, 3.63) is 24.2 Å². The fourth-order valence-electron chi connectivity index (χ4n) is 1.93. The molecule has 0 saturated carbocycles. The van der Waals surface area contributed by atoms with Crippen LogP contribution in [-0.4, -0.2) is 17.5 Å². The lowest BCUT2D eigenvalue weighted by atomic mass is 10.0. The first kappa shape index (κ1) is 9.29. The van der Waals surface area contributed by atoms with Crippen molar-refractivity contribution in [1.29, 1.82) is 5.26 Å². The normalized spacial score (nSPS) is 23.2. The van der Waals surface area contributed by atoms with Gasteiger partial charge in [0.2, 0.25) is 0 Å². The van der Waals surface area contributed by atoms with Crippen molar-refractivity contribution in [3.63, 3.8) is 0 Å². The van der Waals surface area contributed by atoms with Gasteiger partial charge in [0.05, 0.1) is 24.9 Å². The van der Waals surface area contributed by atoms with E-state index in [1.807, 2.05) is 12.1 Å². The first-order valence-corrected chi connectivity index (χ1v) is 5.06. The maximum Gasteiger partial charge on any atom is 0.117 e. The fourth-order valence-corrected chi connectivity index (χ4v) is 1.93. The molecule has 14 heavy (non-hydrogen) atoms. The van der Waals surface area contributed by atoms with Crippen LogP contribution >= 0.6 is 0 Å². The third-order valence-corrected chi connectivity index (χ3v) is 2.70. The molecule has 1 aliphatic heterocycles. The Kier molecular flexibility index (Phi) is 2.85. The molecule has 3 heteroatoms. The van der Waals surface area contributed by atoms with Gasteiger partial charge in [-0.25, -0.2) is 0 Å². The minimum atomic E-state index is 0.0776. The zero-order valence-electron chi connectivity index (χ0n) is 8.15. The molecule has 0 N–H and O–H groups in total. The van der Waals surface area contributed by atoms with Gasteiger partial charge in [0.15, 0.2) is 0 Å². The Hall–Kier alpha value is -1.27. The molecule has 0 bridgehead atoms. The van der Waals surface area contributed by atoms with Crippen LogP contribution < -0.4 is 0 Å². The molecule has 1 atom stereocenters. The van der Waals surface area contributed by atoms with Gasteiger partial charge in [-0.15, -0.1) is 0 Å². The molecule has 2 heterocycles. The molecule has 1 aromatic heterocycles. The summed E-state index contributed by atoms with van der Waals surface area (Å²) < 4.78 is 5.28. The number of hydrogen-bond acceptors (Lipinski definition) is 3. The monoisotopic (exact) mass is 190 g/mol. The van der Waals surface area contributed by atoms with E-state index in [1.165, 1.54) is 12.8 Å². The molecule has 74 valence electrons. The molecular formula is C11H14N2O. The predicted molar refractivity (Wildman–Crippen MR) is 52.4 cm³/mol. The topological polar surface area (TPSA) is 40.2 Å². The third-order valence-electron chi connectivity index (χ3n) is 2.70. The molecule has 0 amide bonds. The van der Waals surface area contributed by atoms with Gasteiger partial charge in [0.1, 0.15) is 5.76 Å². The molecule has 3 nitrogen and oxygen atoms in total. The van der Waals surface area contributed by atoms with Crippen LogP contribution in [0, 0.1) is 11.3 Å². The van der Waals surface area contributed by atoms with E-state index in [9.17, 15) is 0 Å². The standard InChI is InChI=1S/C11H14N2O/c12-8-10-4-1-2-6-13(10)9-11-5-3-7-14-11/h3,5,7,10H,1-2,4,6,9H2. The van der Waals surface area contributed by atoms with Crippen molar-refractivity contribution in [2.75, 3.05) is 6.54 Å². The highest BCUT2D eigenvalue weighted by molar-refractivity contribution is 5.01. The summed E-state index contributed by atoms with van der Waals surface area (Å²) in [7, 11) is 0. The quantitative estimate of drug-likeness (QED) is 0.717. The average molecular weight is 190 g/mol. The molecule has 1 aromatic rings. The maximum absolute atomic E-state index is 8.97. The van der Waals surface area contributed by atoms with Crippen molar-refractivity contribution < 1.29 is 4.42 Å². The van der Waals surface area contributed by atoms with E-state index < -0.39 is 0 Å². The predicted octanol–water partition coefficient (Wildman–Crippen LogP) is 2.16. The summed E-state index contributed by atoms with van der Waals surface area (Å²) >= 11 is 0. The van der Waals surface area contributed by atoms with Crippen LogP contribution in [0.1, 0.15) is 25.0 Å². The fraction of sp³-hybridized carbons (Fsp3) is 0.545. The zero-order valence-corrected chi connectivity index (χ0v) is 8.15. The molecule has 0 aliphatic carbocycles. The van der Waals surface area contributed by atoms with Crippen LogP contribution in [-0.2, 0) is 6.54 Å². The molecule has 2 rings (SSSR count). The summed E-state index contributed by atoms with van der Waals surface area (Å²) in [5.41, 5.74) is 0. The molecule has 1 unspecified atom stereocenters. The highest BCUT2D eigenvalue weighted by Crippen LogP contribution is 2.18. The number of hydrogen-bond donors (Lipinski definition) is 0. The van der Waals surface area contributed by atoms with E-state index in [0.29, 0.717) is 0 Å². The Balaban J connectivity index is 1.99. The Morgan fingerprint density at radius 3 is 3.21 bits per heavy atom. The van der Waals surface area contributed by atoms with Crippen molar-refractivity contribution >= 4 is 0 Å². The Labute approximate surface area is 83.9 Å². The van der Waals surface area contributed by atoms with Crippen LogP contribution in [0.15, 0.2) is 22.8 Å². The van der Waals surface area contributed by atoms with Crippen LogP contribution in [0.3, 0.4) is 0 Å². The molecule has 0 radical (unpaired) electrons. The third kappa shape index (κ3) is 1.97. The first-order valence-electron chi connectivity index (χ1n) is 5.06. The maximum atomic E-state index is 8.97. The van der Waals surface area contributed by atoms with E-state index in [0.717, 1.165) is 25.3 Å². The second kappa shape index (κ2) is 4.30. The van der Waals surface area contributed by atoms with E-state index in [2.05, 4.69) is 11.0 Å². The largest absolute Gasteiger partial charge is 0.468 e. The second-order valence-corrected chi connectivity index (χ2v) is 3.69. The number of nitriles is 1. The summed E-state index contributed by atoms with van der Waals surface area (Å²) in [6.45, 7) is 1.78. The van der Waals surface area contributed by atoms with Crippen molar-refractivity contribution in [1.82, 2.24) is 4.90 Å². The van der Waals surface area contributed by atoms with E-state index in [1.54, 1.807) is 6.26 Å². The molecule has 1 fully saturated rings. The van der Waals surface area contributed by atoms with Gasteiger partial charge in [0, 0.05) is 0 Å². The lowest BCUT2D eigenvalue weighted by Crippen LogP contribution is -2.37.